The van der Waals surface area contributed by atoms with Gasteiger partial charge in [0.2, 0.25) is 0 Å². The smallest absolute Gasteiger partial charge is 0.135 e. The van der Waals surface area contributed by atoms with E-state index < -0.39 is 24.7 Å². The Morgan fingerprint density at radius 1 is 0.778 bits per heavy atom. The summed E-state index contributed by atoms with van der Waals surface area (Å²) in [5.74, 6) is 0. The zero-order valence-corrected chi connectivity index (χ0v) is 4.60. The zero-order valence-electron chi connectivity index (χ0n) is 4.60. The summed E-state index contributed by atoms with van der Waals surface area (Å²) in [5.41, 5.74) is 0. The van der Waals surface area contributed by atoms with Gasteiger partial charge in [-0.2, -0.15) is 0 Å². The predicted molar refractivity (Wildman–Crippen MR) is 27.2 cm³/mol. The quantitative estimate of drug-likeness (QED) is 0.243. The maximum Gasteiger partial charge on any atom is 0.135 e. The largest absolute Gasteiger partial charge is 0.386 e. The van der Waals surface area contributed by atoms with E-state index in [9.17, 15) is 0 Å². The fourth-order valence-electron chi connectivity index (χ4n) is 0.746. The SMILES string of the molecule is O[C@H]1[C@H](O)[C@@H](O)N[C@H]1O. The average Bonchev–Trinajstić information content (AvgIpc) is 1.98. The van der Waals surface area contributed by atoms with Gasteiger partial charge in [-0.1, -0.05) is 0 Å². The molecule has 0 radical (unpaired) electrons. The Labute approximate surface area is 51.6 Å². The number of hydrogen-bond donors (Lipinski definition) is 5. The maximum absolute atomic E-state index is 8.71. The lowest BCUT2D eigenvalue weighted by atomic mass is 10.2. The first-order valence-electron chi connectivity index (χ1n) is 2.61. The van der Waals surface area contributed by atoms with E-state index >= 15 is 0 Å². The average molecular weight is 135 g/mol. The zero-order chi connectivity index (χ0) is 7.02. The molecule has 0 amide bonds. The molecule has 1 rings (SSSR count). The Bertz CT molecular complexity index is 96.7. The number of hydrogen-bond acceptors (Lipinski definition) is 5. The molecule has 1 heterocycles. The van der Waals surface area contributed by atoms with Crippen LogP contribution in [0.25, 0.3) is 0 Å². The highest BCUT2D eigenvalue weighted by Gasteiger charge is 2.38. The Kier molecular flexibility index (Phi) is 1.69. The van der Waals surface area contributed by atoms with Crippen molar-refractivity contribution in [1.29, 1.82) is 0 Å². The molecule has 1 fully saturated rings. The van der Waals surface area contributed by atoms with Crippen molar-refractivity contribution in [3.05, 3.63) is 0 Å². The Morgan fingerprint density at radius 3 is 1.22 bits per heavy atom. The summed E-state index contributed by atoms with van der Waals surface area (Å²) in [6, 6.07) is 0. The van der Waals surface area contributed by atoms with E-state index in [0.29, 0.717) is 0 Å². The van der Waals surface area contributed by atoms with Crippen molar-refractivity contribution in [1.82, 2.24) is 5.32 Å². The lowest BCUT2D eigenvalue weighted by Crippen LogP contribution is -2.32. The third-order valence-corrected chi connectivity index (χ3v) is 1.34. The van der Waals surface area contributed by atoms with Crippen LogP contribution in [-0.2, 0) is 0 Å². The second kappa shape index (κ2) is 2.20. The van der Waals surface area contributed by atoms with Crippen LogP contribution >= 0.6 is 0 Å². The Hall–Kier alpha value is -0.200. The van der Waals surface area contributed by atoms with Gasteiger partial charge in [0, 0.05) is 0 Å². The van der Waals surface area contributed by atoms with Crippen molar-refractivity contribution in [2.75, 3.05) is 0 Å². The Balaban J connectivity index is 2.54. The van der Waals surface area contributed by atoms with E-state index in [1.807, 2.05) is 0 Å². The fourth-order valence-corrected chi connectivity index (χ4v) is 0.746. The van der Waals surface area contributed by atoms with E-state index in [1.165, 1.54) is 0 Å². The molecule has 0 aliphatic carbocycles. The van der Waals surface area contributed by atoms with Crippen LogP contribution in [0.1, 0.15) is 0 Å². The molecule has 0 aromatic rings. The van der Waals surface area contributed by atoms with Gasteiger partial charge in [-0.3, -0.25) is 5.32 Å². The summed E-state index contributed by atoms with van der Waals surface area (Å²) < 4.78 is 0. The van der Waals surface area contributed by atoms with Crippen molar-refractivity contribution in [3.63, 3.8) is 0 Å². The first-order chi connectivity index (χ1) is 4.13. The van der Waals surface area contributed by atoms with Crippen molar-refractivity contribution < 1.29 is 20.4 Å². The molecule has 0 bridgehead atoms. The molecule has 0 spiro atoms. The second-order valence-electron chi connectivity index (χ2n) is 2.04. The number of rotatable bonds is 0. The minimum atomic E-state index is -1.29. The summed E-state index contributed by atoms with van der Waals surface area (Å²) in [5, 5.41) is 36.9. The van der Waals surface area contributed by atoms with Crippen molar-refractivity contribution in [2.45, 2.75) is 24.7 Å². The van der Waals surface area contributed by atoms with Crippen LogP contribution in [0.15, 0.2) is 0 Å². The summed E-state index contributed by atoms with van der Waals surface area (Å²) in [6.45, 7) is 0. The summed E-state index contributed by atoms with van der Waals surface area (Å²) in [4.78, 5) is 0. The molecule has 0 unspecified atom stereocenters. The molecule has 0 aromatic carbocycles. The Morgan fingerprint density at radius 2 is 1.11 bits per heavy atom. The van der Waals surface area contributed by atoms with Crippen LogP contribution in [0.5, 0.6) is 0 Å². The highest BCUT2D eigenvalue weighted by atomic mass is 16.4. The molecule has 5 heteroatoms. The number of nitrogens with one attached hydrogen (secondary N) is 1. The molecule has 1 aliphatic heterocycles. The van der Waals surface area contributed by atoms with Crippen LogP contribution in [0.2, 0.25) is 0 Å². The van der Waals surface area contributed by atoms with E-state index in [1.54, 1.807) is 0 Å². The van der Waals surface area contributed by atoms with E-state index in [4.69, 9.17) is 20.4 Å². The lowest BCUT2D eigenvalue weighted by molar-refractivity contribution is -0.0413. The number of aliphatic hydroxyl groups is 4. The first-order valence-corrected chi connectivity index (χ1v) is 2.61. The van der Waals surface area contributed by atoms with E-state index in [0.717, 1.165) is 0 Å². The maximum atomic E-state index is 8.71. The first kappa shape index (κ1) is 6.91. The van der Waals surface area contributed by atoms with Gasteiger partial charge in [0.1, 0.15) is 24.7 Å². The van der Waals surface area contributed by atoms with E-state index in [2.05, 4.69) is 5.32 Å². The van der Waals surface area contributed by atoms with Gasteiger partial charge in [0.05, 0.1) is 0 Å². The molecule has 0 saturated carbocycles. The summed E-state index contributed by atoms with van der Waals surface area (Å²) in [7, 11) is 0. The minimum Gasteiger partial charge on any atom is -0.386 e. The molecule has 0 aromatic heterocycles. The van der Waals surface area contributed by atoms with Crippen LogP contribution in [-0.4, -0.2) is 45.1 Å². The third kappa shape index (κ3) is 1.05. The normalized spacial score (nSPS) is 52.0. The molecule has 5 N–H and O–H groups in total. The van der Waals surface area contributed by atoms with Crippen molar-refractivity contribution in [3.8, 4) is 0 Å². The fraction of sp³-hybridized carbons (Fsp3) is 1.00. The van der Waals surface area contributed by atoms with Gasteiger partial charge in [0.25, 0.3) is 0 Å². The van der Waals surface area contributed by atoms with Gasteiger partial charge in [0.15, 0.2) is 0 Å². The molecule has 1 aliphatic rings. The summed E-state index contributed by atoms with van der Waals surface area (Å²) in [6.07, 6.45) is -5.04. The summed E-state index contributed by atoms with van der Waals surface area (Å²) >= 11 is 0. The topological polar surface area (TPSA) is 93.0 Å². The van der Waals surface area contributed by atoms with Crippen LogP contribution in [0.4, 0.5) is 0 Å². The van der Waals surface area contributed by atoms with Crippen molar-refractivity contribution >= 4 is 0 Å². The van der Waals surface area contributed by atoms with E-state index in [-0.39, 0.29) is 0 Å². The number of aliphatic hydroxyl groups excluding tert-OH is 4. The predicted octanol–water partition coefficient (Wildman–Crippen LogP) is -3.05. The van der Waals surface area contributed by atoms with Crippen LogP contribution in [0, 0.1) is 0 Å². The molecule has 1 saturated heterocycles. The molecular weight excluding hydrogens is 126 g/mol. The van der Waals surface area contributed by atoms with Crippen LogP contribution in [0.3, 0.4) is 0 Å². The highest BCUT2D eigenvalue weighted by Crippen LogP contribution is 2.09. The molecule has 9 heavy (non-hydrogen) atoms. The molecule has 5 nitrogen and oxygen atoms in total. The van der Waals surface area contributed by atoms with Gasteiger partial charge in [-0.25, -0.2) is 0 Å². The van der Waals surface area contributed by atoms with Gasteiger partial charge in [-0.05, 0) is 0 Å². The minimum absolute atomic E-state index is 1.23. The monoisotopic (exact) mass is 135 g/mol. The van der Waals surface area contributed by atoms with Gasteiger partial charge in [-0.15, -0.1) is 0 Å². The lowest BCUT2D eigenvalue weighted by Gasteiger charge is -2.08. The molecule has 54 valence electrons. The standard InChI is InChI=1S/C4H9NO4/c6-1-2(7)4(9)5-3(1)8/h1-9H/t1-,2-,3-,4+/m0/s1. The van der Waals surface area contributed by atoms with Crippen molar-refractivity contribution in [2.24, 2.45) is 0 Å². The van der Waals surface area contributed by atoms with Gasteiger partial charge >= 0.3 is 0 Å². The van der Waals surface area contributed by atoms with Gasteiger partial charge < -0.3 is 20.4 Å². The van der Waals surface area contributed by atoms with Crippen LogP contribution < -0.4 is 5.32 Å². The second-order valence-corrected chi connectivity index (χ2v) is 2.04. The molecular formula is C4H9NO4. The molecule has 4 atom stereocenters. The third-order valence-electron chi connectivity index (χ3n) is 1.34. The highest BCUT2D eigenvalue weighted by molar-refractivity contribution is 4.86.